The van der Waals surface area contributed by atoms with Gasteiger partial charge in [-0.15, -0.1) is 0 Å². The number of non-ortho nitro benzene ring substituents is 2. The molecule has 0 atom stereocenters. The molecule has 0 aliphatic heterocycles. The summed E-state index contributed by atoms with van der Waals surface area (Å²) in [6.45, 7) is 4.86. The molecule has 0 aromatic heterocycles. The first-order valence-electron chi connectivity index (χ1n) is 9.01. The second-order valence-corrected chi connectivity index (χ2v) is 11.5. The van der Waals surface area contributed by atoms with E-state index in [1.54, 1.807) is 20.8 Å². The fraction of sp³-hybridized carbons (Fsp3) is 0.278. The summed E-state index contributed by atoms with van der Waals surface area (Å²) in [5, 5.41) is 24.2. The Morgan fingerprint density at radius 2 is 1.42 bits per heavy atom. The summed E-state index contributed by atoms with van der Waals surface area (Å²) in [5.74, 6) is -1.66. The van der Waals surface area contributed by atoms with E-state index in [1.165, 1.54) is 0 Å². The van der Waals surface area contributed by atoms with Crippen LogP contribution < -0.4 is 5.32 Å². The van der Waals surface area contributed by atoms with Crippen molar-refractivity contribution in [1.29, 1.82) is 0 Å². The van der Waals surface area contributed by atoms with Gasteiger partial charge in [0.05, 0.1) is 31.7 Å². The van der Waals surface area contributed by atoms with Crippen molar-refractivity contribution in [2.24, 2.45) is 5.41 Å². The Balaban J connectivity index is 2.63. The third-order valence-electron chi connectivity index (χ3n) is 4.08. The first kappa shape index (κ1) is 25.8. The minimum atomic E-state index is -5.08. The van der Waals surface area contributed by atoms with Gasteiger partial charge in [0.2, 0.25) is 0 Å². The van der Waals surface area contributed by atoms with Crippen molar-refractivity contribution in [3.63, 3.8) is 0 Å². The monoisotopic (exact) mass is 501 g/mol. The average Bonchev–Trinajstić information content (AvgIpc) is 2.64. The number of benzene rings is 2. The van der Waals surface area contributed by atoms with Crippen LogP contribution in [0.2, 0.25) is 0 Å². The Labute approximate surface area is 188 Å². The normalized spacial score (nSPS) is 12.2. The maximum absolute atomic E-state index is 12.9. The molecule has 33 heavy (non-hydrogen) atoms. The number of nitrogens with one attached hydrogen (secondary N) is 1. The maximum atomic E-state index is 12.9. The van der Waals surface area contributed by atoms with E-state index < -0.39 is 73.6 Å². The minimum Gasteiger partial charge on any atom is -0.321 e. The minimum absolute atomic E-state index is 0.380. The Morgan fingerprint density at radius 3 is 1.88 bits per heavy atom. The highest BCUT2D eigenvalue weighted by atomic mass is 32.2. The van der Waals surface area contributed by atoms with Crippen LogP contribution >= 0.6 is 0 Å². The van der Waals surface area contributed by atoms with E-state index in [2.05, 4.69) is 5.32 Å². The van der Waals surface area contributed by atoms with Crippen molar-refractivity contribution >= 4 is 42.9 Å². The van der Waals surface area contributed by atoms with Crippen molar-refractivity contribution in [3.8, 4) is 0 Å². The molecular weight excluding hydrogens is 482 g/mol. The lowest BCUT2D eigenvalue weighted by Crippen LogP contribution is -2.23. The highest BCUT2D eigenvalue weighted by Gasteiger charge is 2.30. The Hall–Kier alpha value is -3.43. The van der Waals surface area contributed by atoms with Crippen molar-refractivity contribution in [3.05, 3.63) is 62.2 Å². The van der Waals surface area contributed by atoms with Gasteiger partial charge in [-0.1, -0.05) is 20.8 Å². The third-order valence-corrected chi connectivity index (χ3v) is 7.23. The summed E-state index contributed by atoms with van der Waals surface area (Å²) in [7, 11) is -9.25. The fourth-order valence-electron chi connectivity index (χ4n) is 2.85. The molecule has 0 unspecified atom stereocenters. The van der Waals surface area contributed by atoms with E-state index >= 15 is 0 Å². The van der Waals surface area contributed by atoms with Crippen LogP contribution in [0.5, 0.6) is 0 Å². The van der Waals surface area contributed by atoms with Gasteiger partial charge in [0.15, 0.2) is 9.84 Å². The van der Waals surface area contributed by atoms with Gasteiger partial charge in [0.25, 0.3) is 27.4 Å². The summed E-state index contributed by atoms with van der Waals surface area (Å²) >= 11 is 0. The van der Waals surface area contributed by atoms with Crippen LogP contribution in [0, 0.1) is 25.6 Å². The van der Waals surface area contributed by atoms with Crippen LogP contribution in [0.4, 0.5) is 17.1 Å². The fourth-order valence-corrected chi connectivity index (χ4v) is 5.61. The standard InChI is InChI=1S/C18H19N3O10S2/c1-18(2,3)10-32(27,28)16-9-12(21(25)26)5-7-14(16)19-17(22)13-6-4-11(20(23)24)8-15(13)33(29,30)31/h4-9H,10H2,1-3H3,(H,19,22)(H,29,30,31). The molecule has 15 heteroatoms. The zero-order valence-electron chi connectivity index (χ0n) is 17.5. The van der Waals surface area contributed by atoms with Crippen LogP contribution in [0.1, 0.15) is 31.1 Å². The van der Waals surface area contributed by atoms with Crippen molar-refractivity contribution in [2.45, 2.75) is 30.6 Å². The Bertz CT molecular complexity index is 1360. The predicted molar refractivity (Wildman–Crippen MR) is 115 cm³/mol. The quantitative estimate of drug-likeness (QED) is 0.322. The first-order valence-corrected chi connectivity index (χ1v) is 12.1. The number of carbonyl (C=O) groups excluding carboxylic acids is 1. The van der Waals surface area contributed by atoms with Gasteiger partial charge < -0.3 is 5.32 Å². The first-order chi connectivity index (χ1) is 14.9. The van der Waals surface area contributed by atoms with Crippen LogP contribution in [0.25, 0.3) is 0 Å². The van der Waals surface area contributed by atoms with E-state index in [4.69, 9.17) is 0 Å². The molecule has 0 heterocycles. The number of sulfone groups is 1. The number of rotatable bonds is 7. The zero-order chi connectivity index (χ0) is 25.4. The average molecular weight is 501 g/mol. The third kappa shape index (κ3) is 6.30. The summed E-state index contributed by atoms with van der Waals surface area (Å²) in [5.41, 5.74) is -3.12. The number of nitro benzene ring substituents is 2. The topological polar surface area (TPSA) is 204 Å². The van der Waals surface area contributed by atoms with Gasteiger partial charge in [-0.05, 0) is 17.5 Å². The molecular formula is C18H19N3O10S2. The van der Waals surface area contributed by atoms with Crippen LogP contribution in [0.15, 0.2) is 46.2 Å². The molecule has 0 aliphatic carbocycles. The lowest BCUT2D eigenvalue weighted by molar-refractivity contribution is -0.385. The van der Waals surface area contributed by atoms with E-state index in [0.29, 0.717) is 6.07 Å². The van der Waals surface area contributed by atoms with E-state index in [9.17, 15) is 46.4 Å². The molecule has 2 aromatic rings. The predicted octanol–water partition coefficient (Wildman–Crippen LogP) is 2.82. The van der Waals surface area contributed by atoms with Crippen molar-refractivity contribution < 1.29 is 36.0 Å². The number of hydrogen-bond acceptors (Lipinski definition) is 9. The molecule has 0 aliphatic rings. The van der Waals surface area contributed by atoms with Gasteiger partial charge in [-0.3, -0.25) is 29.6 Å². The summed E-state index contributed by atoms with van der Waals surface area (Å²) < 4.78 is 58.6. The zero-order valence-corrected chi connectivity index (χ0v) is 19.1. The SMILES string of the molecule is CC(C)(C)CS(=O)(=O)c1cc([N+](=O)[O-])ccc1NC(=O)c1ccc([N+](=O)[O-])cc1S(=O)(=O)O. The molecule has 13 nitrogen and oxygen atoms in total. The Morgan fingerprint density at radius 1 is 0.939 bits per heavy atom. The van der Waals surface area contributed by atoms with E-state index in [-0.39, 0.29) is 5.69 Å². The molecule has 0 bridgehead atoms. The molecule has 0 radical (unpaired) electrons. The second-order valence-electron chi connectivity index (χ2n) is 8.12. The van der Waals surface area contributed by atoms with Crippen LogP contribution in [-0.4, -0.2) is 42.9 Å². The number of nitro groups is 2. The van der Waals surface area contributed by atoms with Gasteiger partial charge in [0.1, 0.15) is 4.90 Å². The largest absolute Gasteiger partial charge is 0.321 e. The molecule has 2 rings (SSSR count). The van der Waals surface area contributed by atoms with Gasteiger partial charge in [-0.2, -0.15) is 8.42 Å². The molecule has 0 fully saturated rings. The highest BCUT2D eigenvalue weighted by Crippen LogP contribution is 2.32. The molecule has 1 amide bonds. The summed E-state index contributed by atoms with van der Waals surface area (Å²) in [6.07, 6.45) is 0. The van der Waals surface area contributed by atoms with E-state index in [1.807, 2.05) is 0 Å². The number of carbonyl (C=O) groups is 1. The van der Waals surface area contributed by atoms with Gasteiger partial charge >= 0.3 is 0 Å². The van der Waals surface area contributed by atoms with Crippen LogP contribution in [-0.2, 0) is 20.0 Å². The smallest absolute Gasteiger partial charge is 0.295 e. The lowest BCUT2D eigenvalue weighted by atomic mass is 10.0. The summed E-state index contributed by atoms with van der Waals surface area (Å²) in [6, 6.07) is 4.71. The second kappa shape index (κ2) is 8.84. The van der Waals surface area contributed by atoms with Gasteiger partial charge in [-0.25, -0.2) is 8.42 Å². The molecule has 178 valence electrons. The summed E-state index contributed by atoms with van der Waals surface area (Å²) in [4.78, 5) is 31.4. The molecule has 2 N–H and O–H groups in total. The number of anilines is 1. The Kier molecular flexibility index (Phi) is 6.92. The highest BCUT2D eigenvalue weighted by molar-refractivity contribution is 7.91. The van der Waals surface area contributed by atoms with Gasteiger partial charge in [0, 0.05) is 24.3 Å². The maximum Gasteiger partial charge on any atom is 0.295 e. The number of nitrogens with zero attached hydrogens (tertiary/aromatic N) is 2. The molecule has 0 spiro atoms. The number of hydrogen-bond donors (Lipinski definition) is 2. The van der Waals surface area contributed by atoms with Crippen molar-refractivity contribution in [1.82, 2.24) is 0 Å². The molecule has 2 aromatic carbocycles. The lowest BCUT2D eigenvalue weighted by Gasteiger charge is -2.19. The van der Waals surface area contributed by atoms with Crippen LogP contribution in [0.3, 0.4) is 0 Å². The van der Waals surface area contributed by atoms with E-state index in [0.717, 1.165) is 30.3 Å². The van der Waals surface area contributed by atoms with Crippen molar-refractivity contribution in [2.75, 3.05) is 11.1 Å². The number of amides is 1. The molecule has 0 saturated carbocycles. The molecule has 0 saturated heterocycles.